The number of carbonyl (C=O) groups excluding carboxylic acids is 1. The summed E-state index contributed by atoms with van der Waals surface area (Å²) >= 11 is 0. The molecule has 1 unspecified atom stereocenters. The first-order valence-corrected chi connectivity index (χ1v) is 6.81. The topological polar surface area (TPSA) is 47.6 Å². The van der Waals surface area contributed by atoms with E-state index in [-0.39, 0.29) is 30.9 Å². The smallest absolute Gasteiger partial charge is 0.308 e. The fraction of sp³-hybridized carbons (Fsp3) is 0.533. The van der Waals surface area contributed by atoms with E-state index in [0.29, 0.717) is 5.75 Å². The van der Waals surface area contributed by atoms with Crippen LogP contribution in [0.15, 0.2) is 18.2 Å². The Morgan fingerprint density at radius 1 is 1.45 bits per heavy atom. The number of halogens is 1. The second kappa shape index (κ2) is 8.53. The highest BCUT2D eigenvalue weighted by Gasteiger charge is 2.13. The largest absolute Gasteiger partial charge is 0.493 e. The molecule has 0 amide bonds. The Morgan fingerprint density at radius 3 is 2.85 bits per heavy atom. The standard InChI is InChI=1S/C15H22FNO3/c1-4-8-17-11(2)13-10-12(16)5-6-14(13)20-9-7-15(18)19-3/h5-6,10-11,17H,4,7-9H2,1-3H3. The van der Waals surface area contributed by atoms with Crippen LogP contribution in [0.5, 0.6) is 5.75 Å². The van der Waals surface area contributed by atoms with Crippen molar-refractivity contribution in [1.29, 1.82) is 0 Å². The van der Waals surface area contributed by atoms with Crippen molar-refractivity contribution in [2.24, 2.45) is 0 Å². The molecule has 0 heterocycles. The minimum atomic E-state index is -0.328. The fourth-order valence-corrected chi connectivity index (χ4v) is 1.81. The molecule has 1 aromatic rings. The first kappa shape index (κ1) is 16.4. The van der Waals surface area contributed by atoms with Gasteiger partial charge in [-0.15, -0.1) is 0 Å². The molecule has 0 aliphatic heterocycles. The van der Waals surface area contributed by atoms with Crippen LogP contribution in [0.1, 0.15) is 38.3 Å². The van der Waals surface area contributed by atoms with Gasteiger partial charge >= 0.3 is 5.97 Å². The zero-order valence-electron chi connectivity index (χ0n) is 12.2. The predicted molar refractivity (Wildman–Crippen MR) is 75.2 cm³/mol. The van der Waals surface area contributed by atoms with Crippen molar-refractivity contribution in [1.82, 2.24) is 5.32 Å². The van der Waals surface area contributed by atoms with E-state index in [0.717, 1.165) is 18.5 Å². The molecule has 1 rings (SSSR count). The Balaban J connectivity index is 2.71. The number of methoxy groups -OCH3 is 1. The molecule has 0 bridgehead atoms. The Labute approximate surface area is 119 Å². The molecule has 5 heteroatoms. The number of hydrogen-bond donors (Lipinski definition) is 1. The van der Waals surface area contributed by atoms with Gasteiger partial charge in [-0.1, -0.05) is 6.92 Å². The Hall–Kier alpha value is -1.62. The van der Waals surface area contributed by atoms with Crippen LogP contribution in [-0.4, -0.2) is 26.2 Å². The van der Waals surface area contributed by atoms with E-state index in [2.05, 4.69) is 17.0 Å². The molecule has 0 spiro atoms. The van der Waals surface area contributed by atoms with Gasteiger partial charge in [-0.3, -0.25) is 4.79 Å². The third kappa shape index (κ3) is 5.17. The van der Waals surface area contributed by atoms with Crippen LogP contribution in [0, 0.1) is 5.82 Å². The number of carbonyl (C=O) groups is 1. The summed E-state index contributed by atoms with van der Waals surface area (Å²) in [4.78, 5) is 11.0. The summed E-state index contributed by atoms with van der Waals surface area (Å²) in [6.07, 6.45) is 1.17. The number of esters is 1. The fourth-order valence-electron chi connectivity index (χ4n) is 1.81. The number of hydrogen-bond acceptors (Lipinski definition) is 4. The molecule has 0 aliphatic rings. The molecule has 112 valence electrons. The lowest BCUT2D eigenvalue weighted by Crippen LogP contribution is -2.20. The van der Waals surface area contributed by atoms with E-state index in [1.54, 1.807) is 6.07 Å². The van der Waals surface area contributed by atoms with Gasteiger partial charge in [0.1, 0.15) is 11.6 Å². The number of ether oxygens (including phenoxy) is 2. The van der Waals surface area contributed by atoms with Crippen molar-refractivity contribution in [2.45, 2.75) is 32.7 Å². The van der Waals surface area contributed by atoms with Gasteiger partial charge in [-0.25, -0.2) is 4.39 Å². The van der Waals surface area contributed by atoms with Crippen LogP contribution in [0.25, 0.3) is 0 Å². The van der Waals surface area contributed by atoms with Crippen molar-refractivity contribution in [3.63, 3.8) is 0 Å². The second-order valence-corrected chi connectivity index (χ2v) is 4.53. The molecule has 0 aromatic heterocycles. The molecule has 0 aliphatic carbocycles. The van der Waals surface area contributed by atoms with Gasteiger partial charge < -0.3 is 14.8 Å². The molecule has 1 N–H and O–H groups in total. The van der Waals surface area contributed by atoms with E-state index in [1.807, 2.05) is 6.92 Å². The van der Waals surface area contributed by atoms with Crippen molar-refractivity contribution in [2.75, 3.05) is 20.3 Å². The third-order valence-electron chi connectivity index (χ3n) is 2.93. The zero-order valence-corrected chi connectivity index (χ0v) is 12.2. The van der Waals surface area contributed by atoms with Gasteiger partial charge in [0.2, 0.25) is 0 Å². The monoisotopic (exact) mass is 283 g/mol. The average molecular weight is 283 g/mol. The maximum atomic E-state index is 13.4. The minimum absolute atomic E-state index is 0.0150. The van der Waals surface area contributed by atoms with Gasteiger partial charge in [0.15, 0.2) is 0 Å². The Bertz CT molecular complexity index is 437. The van der Waals surface area contributed by atoms with Crippen LogP contribution >= 0.6 is 0 Å². The van der Waals surface area contributed by atoms with Crippen LogP contribution in [-0.2, 0) is 9.53 Å². The van der Waals surface area contributed by atoms with Crippen LogP contribution in [0.4, 0.5) is 4.39 Å². The van der Waals surface area contributed by atoms with Gasteiger partial charge in [-0.05, 0) is 38.1 Å². The molecule has 0 saturated carbocycles. The maximum absolute atomic E-state index is 13.4. The Kier molecular flexibility index (Phi) is 7.01. The average Bonchev–Trinajstić information content (AvgIpc) is 2.45. The van der Waals surface area contributed by atoms with Crippen LogP contribution in [0.2, 0.25) is 0 Å². The summed E-state index contributed by atoms with van der Waals surface area (Å²) in [6, 6.07) is 4.38. The predicted octanol–water partition coefficient (Wildman–Crippen LogP) is 2.83. The highest BCUT2D eigenvalue weighted by molar-refractivity contribution is 5.69. The molecule has 0 saturated heterocycles. The van der Waals surface area contributed by atoms with E-state index in [4.69, 9.17) is 4.74 Å². The van der Waals surface area contributed by atoms with Crippen molar-refractivity contribution >= 4 is 5.97 Å². The quantitative estimate of drug-likeness (QED) is 0.745. The van der Waals surface area contributed by atoms with E-state index >= 15 is 0 Å². The molecular formula is C15H22FNO3. The van der Waals surface area contributed by atoms with E-state index in [9.17, 15) is 9.18 Å². The molecule has 1 aromatic carbocycles. The summed E-state index contributed by atoms with van der Waals surface area (Å²) in [6.45, 7) is 5.09. The molecule has 1 atom stereocenters. The second-order valence-electron chi connectivity index (χ2n) is 4.53. The Morgan fingerprint density at radius 2 is 2.20 bits per heavy atom. The highest BCUT2D eigenvalue weighted by atomic mass is 19.1. The van der Waals surface area contributed by atoms with E-state index < -0.39 is 0 Å². The highest BCUT2D eigenvalue weighted by Crippen LogP contribution is 2.26. The molecule has 4 nitrogen and oxygen atoms in total. The van der Waals surface area contributed by atoms with Crippen LogP contribution in [0.3, 0.4) is 0 Å². The third-order valence-corrected chi connectivity index (χ3v) is 2.93. The SMILES string of the molecule is CCCNC(C)c1cc(F)ccc1OCCC(=O)OC. The lowest BCUT2D eigenvalue weighted by Gasteiger charge is -2.18. The van der Waals surface area contributed by atoms with E-state index in [1.165, 1.54) is 19.2 Å². The molecule has 20 heavy (non-hydrogen) atoms. The maximum Gasteiger partial charge on any atom is 0.308 e. The lowest BCUT2D eigenvalue weighted by atomic mass is 10.1. The molecule has 0 radical (unpaired) electrons. The van der Waals surface area contributed by atoms with Gasteiger partial charge in [0.05, 0.1) is 20.1 Å². The van der Waals surface area contributed by atoms with Crippen LogP contribution < -0.4 is 10.1 Å². The zero-order chi connectivity index (χ0) is 15.0. The van der Waals surface area contributed by atoms with Gasteiger partial charge in [-0.2, -0.15) is 0 Å². The summed E-state index contributed by atoms with van der Waals surface area (Å²) in [5, 5.41) is 3.29. The summed E-state index contributed by atoms with van der Waals surface area (Å²) < 4.78 is 23.5. The van der Waals surface area contributed by atoms with Crippen molar-refractivity contribution in [3.8, 4) is 5.75 Å². The number of rotatable bonds is 8. The minimum Gasteiger partial charge on any atom is -0.493 e. The normalized spacial score (nSPS) is 12.0. The number of nitrogens with one attached hydrogen (secondary N) is 1. The summed E-state index contributed by atoms with van der Waals surface area (Å²) in [7, 11) is 1.34. The molecular weight excluding hydrogens is 261 g/mol. The first-order valence-electron chi connectivity index (χ1n) is 6.81. The lowest BCUT2D eigenvalue weighted by molar-refractivity contribution is -0.141. The summed E-state index contributed by atoms with van der Waals surface area (Å²) in [5.74, 6) is -0.0392. The van der Waals surface area contributed by atoms with Crippen molar-refractivity contribution in [3.05, 3.63) is 29.6 Å². The first-order chi connectivity index (χ1) is 9.58. The number of benzene rings is 1. The summed E-state index contributed by atoms with van der Waals surface area (Å²) in [5.41, 5.74) is 0.753. The van der Waals surface area contributed by atoms with Crippen molar-refractivity contribution < 1.29 is 18.7 Å². The molecule has 0 fully saturated rings. The van der Waals surface area contributed by atoms with Gasteiger partial charge in [0.25, 0.3) is 0 Å². The van der Waals surface area contributed by atoms with Gasteiger partial charge in [0, 0.05) is 11.6 Å².